The number of nitrogens with zero attached hydrogens (tertiary/aromatic N) is 3. The number of nitro benzene ring substituents is 1. The van der Waals surface area contributed by atoms with E-state index in [-0.39, 0.29) is 17.0 Å². The molecule has 1 heterocycles. The molecule has 0 unspecified atom stereocenters. The second-order valence-corrected chi connectivity index (χ2v) is 3.82. The lowest BCUT2D eigenvalue weighted by Crippen LogP contribution is -2.04. The molecular formula is C13H9F2N3O3. The van der Waals surface area contributed by atoms with Gasteiger partial charge in [0.1, 0.15) is 5.75 Å². The number of hydrogen-bond acceptors (Lipinski definition) is 5. The van der Waals surface area contributed by atoms with Crippen molar-refractivity contribution in [3.05, 3.63) is 58.4 Å². The van der Waals surface area contributed by atoms with Crippen molar-refractivity contribution in [2.24, 2.45) is 4.99 Å². The Balaban J connectivity index is 2.36. The first-order valence-electron chi connectivity index (χ1n) is 5.73. The third-order valence-electron chi connectivity index (χ3n) is 2.44. The number of hydrogen-bond donors (Lipinski definition) is 0. The molecule has 0 saturated carbocycles. The smallest absolute Gasteiger partial charge is 0.387 e. The van der Waals surface area contributed by atoms with Gasteiger partial charge in [-0.15, -0.1) is 0 Å². The quantitative estimate of drug-likeness (QED) is 0.481. The number of aromatic nitrogens is 1. The fourth-order valence-electron chi connectivity index (χ4n) is 1.53. The maximum Gasteiger partial charge on any atom is 0.387 e. The van der Waals surface area contributed by atoms with E-state index in [9.17, 15) is 18.9 Å². The van der Waals surface area contributed by atoms with E-state index in [0.717, 1.165) is 18.2 Å². The number of halogens is 2. The largest absolute Gasteiger partial charge is 0.434 e. The third-order valence-corrected chi connectivity index (χ3v) is 2.44. The Kier molecular flexibility index (Phi) is 4.50. The van der Waals surface area contributed by atoms with E-state index in [2.05, 4.69) is 14.7 Å². The number of non-ortho nitro benzene ring substituents is 1. The average Bonchev–Trinajstić information content (AvgIpc) is 2.46. The highest BCUT2D eigenvalue weighted by atomic mass is 19.3. The van der Waals surface area contributed by atoms with Crippen molar-refractivity contribution in [1.29, 1.82) is 0 Å². The SMILES string of the molecule is O=[N+]([O-])c1ccc(OC(F)F)c(C=Nc2ccncc2)c1. The van der Waals surface area contributed by atoms with Gasteiger partial charge < -0.3 is 4.74 Å². The van der Waals surface area contributed by atoms with Gasteiger partial charge in [-0.05, 0) is 18.2 Å². The molecular weight excluding hydrogens is 284 g/mol. The zero-order valence-corrected chi connectivity index (χ0v) is 10.5. The summed E-state index contributed by atoms with van der Waals surface area (Å²) in [5.74, 6) is -0.187. The zero-order chi connectivity index (χ0) is 15.2. The van der Waals surface area contributed by atoms with Crippen molar-refractivity contribution in [1.82, 2.24) is 4.98 Å². The van der Waals surface area contributed by atoms with Crippen molar-refractivity contribution >= 4 is 17.6 Å². The normalized spacial score (nSPS) is 11.0. The molecule has 0 aliphatic heterocycles. The fourth-order valence-corrected chi connectivity index (χ4v) is 1.53. The zero-order valence-electron chi connectivity index (χ0n) is 10.5. The highest BCUT2D eigenvalue weighted by molar-refractivity contribution is 5.86. The van der Waals surface area contributed by atoms with Crippen molar-refractivity contribution in [3.63, 3.8) is 0 Å². The first-order chi connectivity index (χ1) is 10.1. The summed E-state index contributed by atoms with van der Waals surface area (Å²) in [7, 11) is 0. The molecule has 0 saturated heterocycles. The van der Waals surface area contributed by atoms with Crippen LogP contribution in [0.5, 0.6) is 5.75 Å². The Morgan fingerprint density at radius 3 is 2.62 bits per heavy atom. The van der Waals surface area contributed by atoms with Crippen LogP contribution in [0.25, 0.3) is 0 Å². The van der Waals surface area contributed by atoms with Gasteiger partial charge in [0.05, 0.1) is 10.6 Å². The molecule has 21 heavy (non-hydrogen) atoms. The van der Waals surface area contributed by atoms with Crippen LogP contribution >= 0.6 is 0 Å². The van der Waals surface area contributed by atoms with Crippen LogP contribution < -0.4 is 4.74 Å². The minimum Gasteiger partial charge on any atom is -0.434 e. The van der Waals surface area contributed by atoms with E-state index in [1.165, 1.54) is 18.6 Å². The molecule has 0 fully saturated rings. The van der Waals surface area contributed by atoms with Crippen molar-refractivity contribution in [2.75, 3.05) is 0 Å². The van der Waals surface area contributed by atoms with Crippen LogP contribution in [0.1, 0.15) is 5.56 Å². The average molecular weight is 293 g/mol. The summed E-state index contributed by atoms with van der Waals surface area (Å²) in [6.07, 6.45) is 4.24. The van der Waals surface area contributed by atoms with E-state index >= 15 is 0 Å². The van der Waals surface area contributed by atoms with E-state index in [4.69, 9.17) is 0 Å². The molecule has 0 atom stereocenters. The first kappa shape index (κ1) is 14.5. The Bertz CT molecular complexity index is 663. The Hall–Kier alpha value is -2.90. The Labute approximate surface area is 117 Å². The van der Waals surface area contributed by atoms with Gasteiger partial charge in [0.15, 0.2) is 0 Å². The van der Waals surface area contributed by atoms with Crippen molar-refractivity contribution in [2.45, 2.75) is 6.61 Å². The third kappa shape index (κ3) is 4.03. The predicted octanol–water partition coefficient (Wildman–Crippen LogP) is 3.34. The second-order valence-electron chi connectivity index (χ2n) is 3.82. The van der Waals surface area contributed by atoms with Crippen LogP contribution in [0.15, 0.2) is 47.7 Å². The molecule has 108 valence electrons. The lowest BCUT2D eigenvalue weighted by atomic mass is 10.2. The van der Waals surface area contributed by atoms with Crippen LogP contribution in [0.2, 0.25) is 0 Å². The predicted molar refractivity (Wildman–Crippen MR) is 71.2 cm³/mol. The Morgan fingerprint density at radius 1 is 1.29 bits per heavy atom. The van der Waals surface area contributed by atoms with Crippen LogP contribution in [0.3, 0.4) is 0 Å². The lowest BCUT2D eigenvalue weighted by molar-refractivity contribution is -0.384. The minimum absolute atomic E-state index is 0.0845. The van der Waals surface area contributed by atoms with Crippen LogP contribution in [0.4, 0.5) is 20.2 Å². The summed E-state index contributed by atoms with van der Waals surface area (Å²) in [6.45, 7) is -3.03. The summed E-state index contributed by atoms with van der Waals surface area (Å²) in [6, 6.07) is 6.51. The molecule has 6 nitrogen and oxygen atoms in total. The molecule has 0 radical (unpaired) electrons. The molecule has 0 spiro atoms. The van der Waals surface area contributed by atoms with E-state index < -0.39 is 11.5 Å². The molecule has 1 aromatic heterocycles. The highest BCUT2D eigenvalue weighted by Gasteiger charge is 2.13. The summed E-state index contributed by atoms with van der Waals surface area (Å²) < 4.78 is 28.9. The van der Waals surface area contributed by atoms with E-state index in [0.29, 0.717) is 5.69 Å². The minimum atomic E-state index is -3.03. The number of nitro groups is 1. The van der Waals surface area contributed by atoms with Gasteiger partial charge in [0.2, 0.25) is 0 Å². The van der Waals surface area contributed by atoms with Gasteiger partial charge in [0, 0.05) is 36.3 Å². The van der Waals surface area contributed by atoms with E-state index in [1.807, 2.05) is 0 Å². The van der Waals surface area contributed by atoms with Gasteiger partial charge in [-0.2, -0.15) is 8.78 Å². The summed E-state index contributed by atoms with van der Waals surface area (Å²) in [5, 5.41) is 10.7. The lowest BCUT2D eigenvalue weighted by Gasteiger charge is -2.07. The molecule has 1 aromatic carbocycles. The molecule has 0 N–H and O–H groups in total. The second kappa shape index (κ2) is 6.51. The summed E-state index contributed by atoms with van der Waals surface area (Å²) >= 11 is 0. The van der Waals surface area contributed by atoms with Crippen molar-refractivity contribution < 1.29 is 18.4 Å². The van der Waals surface area contributed by atoms with Gasteiger partial charge in [-0.1, -0.05) is 0 Å². The maximum absolute atomic E-state index is 12.3. The summed E-state index contributed by atoms with van der Waals surface area (Å²) in [5.41, 5.74) is 0.369. The number of ether oxygens (including phenoxy) is 1. The van der Waals surface area contributed by atoms with Gasteiger partial charge in [-0.3, -0.25) is 20.1 Å². The fraction of sp³-hybridized carbons (Fsp3) is 0.0769. The van der Waals surface area contributed by atoms with Crippen LogP contribution in [0, 0.1) is 10.1 Å². The molecule has 8 heteroatoms. The highest BCUT2D eigenvalue weighted by Crippen LogP contribution is 2.25. The number of alkyl halides is 2. The Morgan fingerprint density at radius 2 is 2.00 bits per heavy atom. The number of benzene rings is 1. The molecule has 0 aliphatic carbocycles. The van der Waals surface area contributed by atoms with Gasteiger partial charge >= 0.3 is 6.61 Å². The topological polar surface area (TPSA) is 77.6 Å². The van der Waals surface area contributed by atoms with E-state index in [1.54, 1.807) is 12.1 Å². The molecule has 0 bridgehead atoms. The van der Waals surface area contributed by atoms with Crippen LogP contribution in [-0.2, 0) is 0 Å². The molecule has 2 rings (SSSR count). The monoisotopic (exact) mass is 293 g/mol. The van der Waals surface area contributed by atoms with Crippen LogP contribution in [-0.4, -0.2) is 22.7 Å². The summed E-state index contributed by atoms with van der Waals surface area (Å²) in [4.78, 5) is 17.9. The number of aliphatic imine (C=N–C) groups is 1. The number of rotatable bonds is 5. The molecule has 2 aromatic rings. The number of pyridine rings is 1. The molecule has 0 amide bonds. The molecule has 0 aliphatic rings. The maximum atomic E-state index is 12.3. The van der Waals surface area contributed by atoms with Gasteiger partial charge in [0.25, 0.3) is 5.69 Å². The van der Waals surface area contributed by atoms with Gasteiger partial charge in [-0.25, -0.2) is 0 Å². The first-order valence-corrected chi connectivity index (χ1v) is 5.73. The van der Waals surface area contributed by atoms with Crippen molar-refractivity contribution in [3.8, 4) is 5.75 Å². The standard InChI is InChI=1S/C13H9F2N3O3/c14-13(15)21-12-2-1-11(18(19)20)7-9(12)8-17-10-3-5-16-6-4-10/h1-8,13H.